The molecule has 0 fully saturated rings. The molecule has 0 atom stereocenters. The van der Waals surface area contributed by atoms with Crippen LogP contribution in [-0.2, 0) is 0 Å². The van der Waals surface area contributed by atoms with Crippen LogP contribution in [0, 0.1) is 10.1 Å². The highest BCUT2D eigenvalue weighted by Gasteiger charge is 2.27. The molecule has 0 aliphatic carbocycles. The van der Waals surface area contributed by atoms with E-state index in [9.17, 15) is 10.1 Å². The Morgan fingerprint density at radius 1 is 1.39 bits per heavy atom. The van der Waals surface area contributed by atoms with E-state index in [1.165, 1.54) is 12.1 Å². The molecule has 1 rings (SSSR count). The number of benzene rings is 1. The largest absolute Gasteiger partial charge is 0.394 e. The summed E-state index contributed by atoms with van der Waals surface area (Å²) in [6.07, 6.45) is 0. The van der Waals surface area contributed by atoms with Gasteiger partial charge in [-0.2, -0.15) is 0 Å². The predicted molar refractivity (Wildman–Crippen MR) is 67.1 cm³/mol. The Hall–Kier alpha value is -1.90. The molecule has 100 valence electrons. The maximum atomic E-state index is 11.0. The minimum atomic E-state index is -1.06. The summed E-state index contributed by atoms with van der Waals surface area (Å²) in [5, 5.41) is 32.1. The lowest BCUT2D eigenvalue weighted by Crippen LogP contribution is -2.42. The number of aliphatic hydroxyl groups is 2. The Kier molecular flexibility index (Phi) is 4.43. The number of rotatable bonds is 6. The van der Waals surface area contributed by atoms with Gasteiger partial charge in [-0.05, 0) is 19.1 Å². The molecule has 0 aliphatic heterocycles. The van der Waals surface area contributed by atoms with Crippen LogP contribution in [0.25, 0.3) is 0 Å². The summed E-state index contributed by atoms with van der Waals surface area (Å²) in [7, 11) is 0. The van der Waals surface area contributed by atoms with Crippen LogP contribution < -0.4 is 16.6 Å². The smallest absolute Gasteiger partial charge is 0.316 e. The van der Waals surface area contributed by atoms with Gasteiger partial charge in [0, 0.05) is 0 Å². The lowest BCUT2D eigenvalue weighted by atomic mass is 10.0. The number of nitro groups is 1. The van der Waals surface area contributed by atoms with Crippen molar-refractivity contribution in [2.45, 2.75) is 12.5 Å². The standard InChI is InChI=1S/C10H16N4O4/c1-10(5-15,6-16)12-7-3-2-4-8(13-11)9(7)14(17)18/h2-4,12-13,15-16H,5-6,11H2,1H3. The van der Waals surface area contributed by atoms with Crippen LogP contribution in [0.4, 0.5) is 17.1 Å². The quantitative estimate of drug-likeness (QED) is 0.275. The molecule has 1 aromatic rings. The van der Waals surface area contributed by atoms with E-state index in [2.05, 4.69) is 10.7 Å². The van der Waals surface area contributed by atoms with Crippen molar-refractivity contribution in [3.63, 3.8) is 0 Å². The van der Waals surface area contributed by atoms with Crippen LogP contribution in [0.15, 0.2) is 18.2 Å². The maximum absolute atomic E-state index is 11.0. The number of para-hydroxylation sites is 1. The summed E-state index contributed by atoms with van der Waals surface area (Å²) >= 11 is 0. The molecular weight excluding hydrogens is 240 g/mol. The molecule has 0 unspecified atom stereocenters. The number of hydrazine groups is 1. The van der Waals surface area contributed by atoms with Crippen LogP contribution in [0.5, 0.6) is 0 Å². The summed E-state index contributed by atoms with van der Waals surface area (Å²) in [5.74, 6) is 5.21. The summed E-state index contributed by atoms with van der Waals surface area (Å²) in [5.41, 5.74) is 1.24. The van der Waals surface area contributed by atoms with Crippen LogP contribution in [-0.4, -0.2) is 33.9 Å². The fraction of sp³-hybridized carbons (Fsp3) is 0.400. The van der Waals surface area contributed by atoms with E-state index >= 15 is 0 Å². The number of nitrogens with one attached hydrogen (secondary N) is 2. The number of hydrogen-bond donors (Lipinski definition) is 5. The third-order valence-electron chi connectivity index (χ3n) is 2.51. The van der Waals surface area contributed by atoms with Crippen molar-refractivity contribution in [2.75, 3.05) is 24.0 Å². The fourth-order valence-corrected chi connectivity index (χ4v) is 1.41. The average molecular weight is 256 g/mol. The Bertz CT molecular complexity index is 434. The zero-order valence-electron chi connectivity index (χ0n) is 9.88. The van der Waals surface area contributed by atoms with Crippen LogP contribution in [0.2, 0.25) is 0 Å². The highest BCUT2D eigenvalue weighted by molar-refractivity contribution is 5.76. The Labute approximate surface area is 104 Å². The van der Waals surface area contributed by atoms with Crippen molar-refractivity contribution in [1.82, 2.24) is 0 Å². The second-order valence-electron chi connectivity index (χ2n) is 4.11. The van der Waals surface area contributed by atoms with Crippen molar-refractivity contribution in [3.05, 3.63) is 28.3 Å². The normalized spacial score (nSPS) is 11.1. The first-order valence-electron chi connectivity index (χ1n) is 5.21. The summed E-state index contributed by atoms with van der Waals surface area (Å²) in [6, 6.07) is 4.50. The van der Waals surface area contributed by atoms with E-state index in [1.807, 2.05) is 0 Å². The van der Waals surface area contributed by atoms with E-state index < -0.39 is 10.5 Å². The minimum Gasteiger partial charge on any atom is -0.394 e. The number of nitro benzene ring substituents is 1. The van der Waals surface area contributed by atoms with Gasteiger partial charge in [-0.3, -0.25) is 16.0 Å². The molecule has 18 heavy (non-hydrogen) atoms. The third kappa shape index (κ3) is 2.86. The maximum Gasteiger partial charge on any atom is 0.316 e. The topological polar surface area (TPSA) is 134 Å². The SMILES string of the molecule is CC(CO)(CO)Nc1cccc(NN)c1[N+](=O)[O-]. The van der Waals surface area contributed by atoms with Crippen molar-refractivity contribution in [1.29, 1.82) is 0 Å². The molecule has 0 spiro atoms. The summed E-state index contributed by atoms with van der Waals surface area (Å²) in [6.45, 7) is 0.793. The first-order valence-corrected chi connectivity index (χ1v) is 5.21. The molecule has 1 aromatic carbocycles. The van der Waals surface area contributed by atoms with Crippen molar-refractivity contribution in [3.8, 4) is 0 Å². The Morgan fingerprint density at radius 3 is 2.39 bits per heavy atom. The number of nitrogens with two attached hydrogens (primary N) is 1. The minimum absolute atomic E-state index is 0.142. The van der Waals surface area contributed by atoms with E-state index in [0.29, 0.717) is 0 Å². The number of anilines is 2. The second kappa shape index (κ2) is 5.63. The Balaban J connectivity index is 3.20. The fourth-order valence-electron chi connectivity index (χ4n) is 1.41. The first kappa shape index (κ1) is 14.2. The molecule has 6 N–H and O–H groups in total. The van der Waals surface area contributed by atoms with Gasteiger partial charge in [-0.1, -0.05) is 6.07 Å². The van der Waals surface area contributed by atoms with Gasteiger partial charge in [0.15, 0.2) is 0 Å². The zero-order chi connectivity index (χ0) is 13.8. The van der Waals surface area contributed by atoms with Gasteiger partial charge >= 0.3 is 5.69 Å². The second-order valence-corrected chi connectivity index (χ2v) is 4.11. The number of hydrogen-bond acceptors (Lipinski definition) is 7. The molecular formula is C10H16N4O4. The Morgan fingerprint density at radius 2 is 1.94 bits per heavy atom. The van der Waals surface area contributed by atoms with Gasteiger partial charge in [-0.25, -0.2) is 0 Å². The van der Waals surface area contributed by atoms with Gasteiger partial charge in [0.25, 0.3) is 0 Å². The molecule has 0 saturated carbocycles. The molecule has 0 aromatic heterocycles. The van der Waals surface area contributed by atoms with E-state index in [4.69, 9.17) is 16.1 Å². The highest BCUT2D eigenvalue weighted by atomic mass is 16.6. The monoisotopic (exact) mass is 256 g/mol. The van der Waals surface area contributed by atoms with E-state index in [1.54, 1.807) is 13.0 Å². The third-order valence-corrected chi connectivity index (χ3v) is 2.51. The van der Waals surface area contributed by atoms with Crippen molar-refractivity contribution >= 4 is 17.1 Å². The molecule has 0 saturated heterocycles. The molecule has 0 radical (unpaired) electrons. The van der Waals surface area contributed by atoms with E-state index in [0.717, 1.165) is 0 Å². The molecule has 0 aliphatic rings. The van der Waals surface area contributed by atoms with Gasteiger partial charge in [-0.15, -0.1) is 0 Å². The number of nitrogen functional groups attached to an aromatic ring is 1. The first-order chi connectivity index (χ1) is 8.47. The van der Waals surface area contributed by atoms with Crippen molar-refractivity contribution in [2.24, 2.45) is 5.84 Å². The van der Waals surface area contributed by atoms with Crippen molar-refractivity contribution < 1.29 is 15.1 Å². The van der Waals surface area contributed by atoms with Crippen LogP contribution in [0.3, 0.4) is 0 Å². The van der Waals surface area contributed by atoms with Gasteiger partial charge in [0.05, 0.1) is 23.7 Å². The molecule has 8 nitrogen and oxygen atoms in total. The van der Waals surface area contributed by atoms with Crippen LogP contribution in [0.1, 0.15) is 6.92 Å². The predicted octanol–water partition coefficient (Wildman–Crippen LogP) is 0.0356. The van der Waals surface area contributed by atoms with Gasteiger partial charge < -0.3 is 21.0 Å². The number of nitrogens with zero attached hydrogens (tertiary/aromatic N) is 1. The van der Waals surface area contributed by atoms with Crippen LogP contribution >= 0.6 is 0 Å². The molecule has 0 amide bonds. The zero-order valence-corrected chi connectivity index (χ0v) is 9.88. The lowest BCUT2D eigenvalue weighted by Gasteiger charge is -2.27. The summed E-state index contributed by atoms with van der Waals surface area (Å²) in [4.78, 5) is 10.4. The van der Waals surface area contributed by atoms with Gasteiger partial charge in [0.2, 0.25) is 0 Å². The molecule has 0 heterocycles. The highest BCUT2D eigenvalue weighted by Crippen LogP contribution is 2.33. The average Bonchev–Trinajstić information content (AvgIpc) is 2.37. The van der Waals surface area contributed by atoms with E-state index in [-0.39, 0.29) is 30.3 Å². The summed E-state index contributed by atoms with van der Waals surface area (Å²) < 4.78 is 0. The number of aliphatic hydroxyl groups excluding tert-OH is 2. The molecule has 8 heteroatoms. The van der Waals surface area contributed by atoms with Gasteiger partial charge in [0.1, 0.15) is 11.4 Å². The molecule has 0 bridgehead atoms. The lowest BCUT2D eigenvalue weighted by molar-refractivity contribution is -0.383.